The van der Waals surface area contributed by atoms with E-state index >= 15 is 0 Å². The summed E-state index contributed by atoms with van der Waals surface area (Å²) in [6, 6.07) is 8.83. The van der Waals surface area contributed by atoms with Crippen molar-refractivity contribution in [3.8, 4) is 0 Å². The predicted molar refractivity (Wildman–Crippen MR) is 43.1 cm³/mol. The minimum absolute atomic E-state index is 0. The van der Waals surface area contributed by atoms with E-state index in [0.29, 0.717) is 5.56 Å². The van der Waals surface area contributed by atoms with Crippen molar-refractivity contribution in [3.05, 3.63) is 42.5 Å². The van der Waals surface area contributed by atoms with Crippen LogP contribution in [0.15, 0.2) is 36.9 Å². The summed E-state index contributed by atoms with van der Waals surface area (Å²) in [6.07, 6.45) is 0. The molecule has 0 radical (unpaired) electrons. The monoisotopic (exact) mass is 212 g/mol. The van der Waals surface area contributed by atoms with Crippen molar-refractivity contribution < 1.29 is 29.4 Å². The van der Waals surface area contributed by atoms with Crippen molar-refractivity contribution in [2.45, 2.75) is 0 Å². The summed E-state index contributed by atoms with van der Waals surface area (Å²) in [5, 5.41) is 8.54. The fraction of sp³-hybridized carbons (Fsp3) is 0. The topological polar surface area (TPSA) is 37.3 Å². The second-order valence-corrected chi connectivity index (χ2v) is 2.15. The molecule has 0 bridgehead atoms. The Labute approximate surface area is 83.7 Å². The molecule has 0 spiro atoms. The minimum atomic E-state index is -0.976. The molecule has 0 heterocycles. The van der Waals surface area contributed by atoms with Crippen LogP contribution >= 0.6 is 0 Å². The molecule has 0 saturated carbocycles. The molecule has 1 rings (SSSR count). The minimum Gasteiger partial charge on any atom is -0.478 e. The zero-order valence-corrected chi connectivity index (χ0v) is 9.62. The Bertz CT molecular complexity index is 280. The van der Waals surface area contributed by atoms with E-state index in [1.807, 2.05) is 6.07 Å². The van der Waals surface area contributed by atoms with Crippen LogP contribution in [0, 0.1) is 0 Å². The number of rotatable bonds is 2. The number of carboxylic acid groups (broad SMARTS) is 1. The molecular weight excluding hydrogens is 205 g/mol. The molecule has 1 N–H and O–H groups in total. The molecular formula is C9H8O2Zn. The molecule has 0 aliphatic rings. The van der Waals surface area contributed by atoms with Crippen molar-refractivity contribution in [1.82, 2.24) is 0 Å². The number of carbonyl (C=O) groups is 1. The summed E-state index contributed by atoms with van der Waals surface area (Å²) >= 11 is 0. The average Bonchev–Trinajstić information content (AvgIpc) is 2.05. The zero-order valence-electron chi connectivity index (χ0n) is 6.66. The standard InChI is InChI=1S/C9H8O2.Zn/c1-7(9(10)11)8-5-3-2-4-6-8;/h2-6H,1H2,(H,10,11);. The van der Waals surface area contributed by atoms with Gasteiger partial charge in [0.2, 0.25) is 0 Å². The van der Waals surface area contributed by atoms with E-state index in [-0.39, 0.29) is 25.1 Å². The fourth-order valence-corrected chi connectivity index (χ4v) is 0.763. The van der Waals surface area contributed by atoms with E-state index in [0.717, 1.165) is 0 Å². The van der Waals surface area contributed by atoms with Gasteiger partial charge in [-0.2, -0.15) is 0 Å². The molecule has 0 unspecified atom stereocenters. The smallest absolute Gasteiger partial charge is 0.335 e. The summed E-state index contributed by atoms with van der Waals surface area (Å²) in [5.74, 6) is -0.976. The summed E-state index contributed by atoms with van der Waals surface area (Å²) in [5.41, 5.74) is 0.783. The molecule has 0 saturated heterocycles. The van der Waals surface area contributed by atoms with Gasteiger partial charge in [-0.05, 0) is 5.56 Å². The van der Waals surface area contributed by atoms with Crippen LogP contribution in [0.3, 0.4) is 0 Å². The van der Waals surface area contributed by atoms with Gasteiger partial charge in [0, 0.05) is 19.5 Å². The van der Waals surface area contributed by atoms with E-state index in [2.05, 4.69) is 6.58 Å². The third-order valence-electron chi connectivity index (χ3n) is 1.38. The van der Waals surface area contributed by atoms with Crippen LogP contribution in [0.1, 0.15) is 5.56 Å². The number of benzene rings is 1. The van der Waals surface area contributed by atoms with Crippen molar-refractivity contribution in [3.63, 3.8) is 0 Å². The van der Waals surface area contributed by atoms with Gasteiger partial charge in [0.25, 0.3) is 0 Å². The molecule has 0 atom stereocenters. The molecule has 0 aliphatic carbocycles. The third-order valence-corrected chi connectivity index (χ3v) is 1.38. The molecule has 0 aliphatic heterocycles. The maximum atomic E-state index is 10.4. The van der Waals surface area contributed by atoms with Crippen molar-refractivity contribution >= 4 is 11.5 Å². The Kier molecular flexibility index (Phi) is 4.45. The SMILES string of the molecule is C=C(C(=O)O)c1ccccc1.[Zn]. The first-order valence-corrected chi connectivity index (χ1v) is 3.19. The van der Waals surface area contributed by atoms with Crippen LogP contribution in [-0.2, 0) is 24.3 Å². The Morgan fingerprint density at radius 2 is 1.75 bits per heavy atom. The number of hydrogen-bond donors (Lipinski definition) is 1. The molecule has 12 heavy (non-hydrogen) atoms. The average molecular weight is 214 g/mol. The maximum Gasteiger partial charge on any atom is 0.335 e. The van der Waals surface area contributed by atoms with Crippen LogP contribution in [0.25, 0.3) is 5.57 Å². The first-order valence-electron chi connectivity index (χ1n) is 3.19. The van der Waals surface area contributed by atoms with Crippen molar-refractivity contribution in [1.29, 1.82) is 0 Å². The largest absolute Gasteiger partial charge is 0.478 e. The summed E-state index contributed by atoms with van der Waals surface area (Å²) in [7, 11) is 0. The first kappa shape index (κ1) is 11.1. The quantitative estimate of drug-likeness (QED) is 0.601. The van der Waals surface area contributed by atoms with Crippen LogP contribution in [0.5, 0.6) is 0 Å². The van der Waals surface area contributed by atoms with Gasteiger partial charge < -0.3 is 5.11 Å². The summed E-state index contributed by atoms with van der Waals surface area (Å²) in [4.78, 5) is 10.4. The molecule has 0 amide bonds. The number of carboxylic acids is 1. The Balaban J connectivity index is 0.00000121. The van der Waals surface area contributed by atoms with Crippen molar-refractivity contribution in [2.24, 2.45) is 0 Å². The predicted octanol–water partition coefficient (Wildman–Crippen LogP) is 1.78. The first-order chi connectivity index (χ1) is 5.22. The van der Waals surface area contributed by atoms with Gasteiger partial charge in [-0.1, -0.05) is 36.9 Å². The van der Waals surface area contributed by atoms with Crippen molar-refractivity contribution in [2.75, 3.05) is 0 Å². The van der Waals surface area contributed by atoms with E-state index in [4.69, 9.17) is 5.11 Å². The van der Waals surface area contributed by atoms with Crippen LogP contribution in [0.2, 0.25) is 0 Å². The molecule has 3 heteroatoms. The zero-order chi connectivity index (χ0) is 8.27. The molecule has 0 fully saturated rings. The summed E-state index contributed by atoms with van der Waals surface area (Å²) in [6.45, 7) is 3.42. The molecule has 1 aromatic carbocycles. The normalized spacial score (nSPS) is 8.33. The van der Waals surface area contributed by atoms with E-state index in [1.54, 1.807) is 24.3 Å². The molecule has 0 aromatic heterocycles. The second-order valence-electron chi connectivity index (χ2n) is 2.15. The van der Waals surface area contributed by atoms with Gasteiger partial charge in [0.15, 0.2) is 0 Å². The van der Waals surface area contributed by atoms with E-state index in [9.17, 15) is 4.79 Å². The van der Waals surface area contributed by atoms with Gasteiger partial charge >= 0.3 is 5.97 Å². The fourth-order valence-electron chi connectivity index (χ4n) is 0.763. The Hall–Kier alpha value is -0.947. The Morgan fingerprint density at radius 3 is 2.17 bits per heavy atom. The Morgan fingerprint density at radius 1 is 1.25 bits per heavy atom. The maximum absolute atomic E-state index is 10.4. The van der Waals surface area contributed by atoms with Crippen LogP contribution < -0.4 is 0 Å². The number of aliphatic carboxylic acids is 1. The number of hydrogen-bond acceptors (Lipinski definition) is 1. The van der Waals surface area contributed by atoms with E-state index in [1.165, 1.54) is 0 Å². The molecule has 2 nitrogen and oxygen atoms in total. The van der Waals surface area contributed by atoms with Gasteiger partial charge in [-0.25, -0.2) is 4.79 Å². The van der Waals surface area contributed by atoms with Gasteiger partial charge in [-0.3, -0.25) is 0 Å². The van der Waals surface area contributed by atoms with Gasteiger partial charge in [0.05, 0.1) is 5.57 Å². The van der Waals surface area contributed by atoms with Gasteiger partial charge in [0.1, 0.15) is 0 Å². The van der Waals surface area contributed by atoms with Gasteiger partial charge in [-0.15, -0.1) is 0 Å². The summed E-state index contributed by atoms with van der Waals surface area (Å²) < 4.78 is 0. The van der Waals surface area contributed by atoms with Crippen LogP contribution in [-0.4, -0.2) is 11.1 Å². The molecule has 1 aromatic rings. The third kappa shape index (κ3) is 2.59. The molecule has 58 valence electrons. The second kappa shape index (κ2) is 4.84. The van der Waals surface area contributed by atoms with Crippen LogP contribution in [0.4, 0.5) is 0 Å². The van der Waals surface area contributed by atoms with E-state index < -0.39 is 5.97 Å².